The Morgan fingerprint density at radius 3 is 2.24 bits per heavy atom. The number of hydrogen-bond acceptors (Lipinski definition) is 6. The van der Waals surface area contributed by atoms with E-state index in [1.54, 1.807) is 18.2 Å². The number of alkyl halides is 3. The predicted molar refractivity (Wildman–Crippen MR) is 122 cm³/mol. The van der Waals surface area contributed by atoms with Gasteiger partial charge in [-0.05, 0) is 54.6 Å². The van der Waals surface area contributed by atoms with Crippen LogP contribution in [0, 0.1) is 0 Å². The summed E-state index contributed by atoms with van der Waals surface area (Å²) in [5.41, 5.74) is 0.784. The molecule has 5 rings (SSSR count). The second kappa shape index (κ2) is 8.48. The number of anilines is 1. The van der Waals surface area contributed by atoms with Crippen LogP contribution >= 0.6 is 11.8 Å². The summed E-state index contributed by atoms with van der Waals surface area (Å²) in [6, 6.07) is 17.9. The van der Waals surface area contributed by atoms with Gasteiger partial charge in [-0.1, -0.05) is 18.2 Å². The highest BCUT2D eigenvalue weighted by Crippen LogP contribution is 2.40. The standard InChI is InChI=1S/C23H16F3N3O3S2/c24-23(25,26)17-7-9-18(10-8-17)34(30,31)29-12-13-33-20-11-6-16(14-19(20)29)22-28-27-21(32-22)15-4-2-1-3-5-15/h1-11,14H,12-13H2. The fourth-order valence-electron chi connectivity index (χ4n) is 3.56. The molecule has 0 atom stereocenters. The van der Waals surface area contributed by atoms with Crippen molar-refractivity contribution in [2.75, 3.05) is 16.6 Å². The number of rotatable bonds is 4. The smallest absolute Gasteiger partial charge is 0.416 e. The Kier molecular flexibility index (Phi) is 5.61. The van der Waals surface area contributed by atoms with Gasteiger partial charge in [-0.3, -0.25) is 4.31 Å². The summed E-state index contributed by atoms with van der Waals surface area (Å²) in [4.78, 5) is 0.515. The molecule has 6 nitrogen and oxygen atoms in total. The quantitative estimate of drug-likeness (QED) is 0.354. The number of halogens is 3. The van der Waals surface area contributed by atoms with Crippen molar-refractivity contribution in [3.05, 3.63) is 78.4 Å². The monoisotopic (exact) mass is 503 g/mol. The van der Waals surface area contributed by atoms with Gasteiger partial charge in [0, 0.05) is 28.3 Å². The van der Waals surface area contributed by atoms with E-state index >= 15 is 0 Å². The zero-order valence-corrected chi connectivity index (χ0v) is 19.0. The summed E-state index contributed by atoms with van der Waals surface area (Å²) in [6.45, 7) is 0.170. The number of nitrogens with zero attached hydrogens (tertiary/aromatic N) is 3. The molecule has 3 aromatic carbocycles. The van der Waals surface area contributed by atoms with E-state index in [-0.39, 0.29) is 17.3 Å². The first kappa shape index (κ1) is 22.5. The molecule has 4 aromatic rings. The third kappa shape index (κ3) is 4.16. The van der Waals surface area contributed by atoms with E-state index in [1.807, 2.05) is 30.3 Å². The van der Waals surface area contributed by atoms with Crippen LogP contribution in [0.1, 0.15) is 5.56 Å². The Labute approximate surface area is 197 Å². The number of fused-ring (bicyclic) bond motifs is 1. The van der Waals surface area contributed by atoms with Crippen molar-refractivity contribution in [2.45, 2.75) is 16.0 Å². The molecule has 34 heavy (non-hydrogen) atoms. The van der Waals surface area contributed by atoms with Crippen LogP contribution in [0.15, 0.2) is 87.0 Å². The van der Waals surface area contributed by atoms with Crippen LogP contribution in [0.5, 0.6) is 0 Å². The fraction of sp³-hybridized carbons (Fsp3) is 0.130. The third-order valence-electron chi connectivity index (χ3n) is 5.24. The zero-order valence-electron chi connectivity index (χ0n) is 17.4. The van der Waals surface area contributed by atoms with Gasteiger partial charge in [0.15, 0.2) is 0 Å². The molecule has 2 heterocycles. The minimum atomic E-state index is -4.55. The van der Waals surface area contributed by atoms with Crippen molar-refractivity contribution in [2.24, 2.45) is 0 Å². The first-order valence-electron chi connectivity index (χ1n) is 10.1. The molecule has 1 aromatic heterocycles. The second-order valence-corrected chi connectivity index (χ2v) is 10.4. The molecule has 174 valence electrons. The van der Waals surface area contributed by atoms with Gasteiger partial charge in [0.1, 0.15) is 0 Å². The summed E-state index contributed by atoms with van der Waals surface area (Å²) in [7, 11) is -4.09. The minimum absolute atomic E-state index is 0.170. The molecule has 0 fully saturated rings. The summed E-state index contributed by atoms with van der Waals surface area (Å²) in [6.07, 6.45) is -4.55. The first-order chi connectivity index (χ1) is 16.2. The molecule has 1 aliphatic rings. The van der Waals surface area contributed by atoms with Crippen molar-refractivity contribution >= 4 is 27.5 Å². The van der Waals surface area contributed by atoms with Crippen molar-refractivity contribution in [3.63, 3.8) is 0 Å². The van der Waals surface area contributed by atoms with Crippen LogP contribution < -0.4 is 4.31 Å². The fourth-order valence-corrected chi connectivity index (χ4v) is 6.18. The van der Waals surface area contributed by atoms with E-state index < -0.39 is 21.8 Å². The highest BCUT2D eigenvalue weighted by molar-refractivity contribution is 8.00. The highest BCUT2D eigenvalue weighted by atomic mass is 32.2. The van der Waals surface area contributed by atoms with Crippen LogP contribution in [-0.2, 0) is 16.2 Å². The average molecular weight is 504 g/mol. The van der Waals surface area contributed by atoms with Crippen LogP contribution in [0.3, 0.4) is 0 Å². The number of hydrogen-bond donors (Lipinski definition) is 0. The second-order valence-electron chi connectivity index (χ2n) is 7.41. The van der Waals surface area contributed by atoms with Gasteiger partial charge >= 0.3 is 6.18 Å². The maximum Gasteiger partial charge on any atom is 0.416 e. The zero-order chi connectivity index (χ0) is 23.9. The normalized spacial score (nSPS) is 14.1. The van der Waals surface area contributed by atoms with Crippen molar-refractivity contribution in [3.8, 4) is 22.9 Å². The molecular formula is C23H16F3N3O3S2. The molecule has 0 amide bonds. The lowest BCUT2D eigenvalue weighted by molar-refractivity contribution is -0.137. The number of benzene rings is 3. The molecule has 0 radical (unpaired) electrons. The molecule has 0 unspecified atom stereocenters. The molecule has 0 spiro atoms. The van der Waals surface area contributed by atoms with E-state index in [0.29, 0.717) is 22.9 Å². The van der Waals surface area contributed by atoms with Gasteiger partial charge in [0.25, 0.3) is 10.0 Å². The largest absolute Gasteiger partial charge is 0.416 e. The molecule has 0 aliphatic carbocycles. The van der Waals surface area contributed by atoms with E-state index in [0.717, 1.165) is 34.7 Å². The predicted octanol–water partition coefficient (Wildman–Crippen LogP) is 5.72. The van der Waals surface area contributed by atoms with Gasteiger partial charge in [-0.2, -0.15) is 13.2 Å². The maximum atomic E-state index is 13.3. The number of thioether (sulfide) groups is 1. The lowest BCUT2D eigenvalue weighted by Crippen LogP contribution is -2.35. The van der Waals surface area contributed by atoms with Gasteiger partial charge in [0.2, 0.25) is 11.8 Å². The van der Waals surface area contributed by atoms with Crippen molar-refractivity contribution in [1.29, 1.82) is 0 Å². The number of sulfonamides is 1. The Morgan fingerprint density at radius 1 is 0.882 bits per heavy atom. The highest BCUT2D eigenvalue weighted by Gasteiger charge is 2.33. The Bertz CT molecular complexity index is 1440. The lowest BCUT2D eigenvalue weighted by atomic mass is 10.2. The van der Waals surface area contributed by atoms with E-state index in [1.165, 1.54) is 16.1 Å². The molecule has 0 N–H and O–H groups in total. The summed E-state index contributed by atoms with van der Waals surface area (Å²) >= 11 is 1.49. The van der Waals surface area contributed by atoms with E-state index in [2.05, 4.69) is 10.2 Å². The Morgan fingerprint density at radius 2 is 1.56 bits per heavy atom. The van der Waals surface area contributed by atoms with Crippen LogP contribution in [0.25, 0.3) is 22.9 Å². The Balaban J connectivity index is 1.50. The van der Waals surface area contributed by atoms with Crippen LogP contribution in [0.2, 0.25) is 0 Å². The molecule has 0 saturated carbocycles. The minimum Gasteiger partial charge on any atom is -0.416 e. The summed E-state index contributed by atoms with van der Waals surface area (Å²) in [5.74, 6) is 1.06. The first-order valence-corrected chi connectivity index (χ1v) is 12.5. The number of aromatic nitrogens is 2. The van der Waals surface area contributed by atoms with Gasteiger partial charge in [0.05, 0.1) is 16.1 Å². The van der Waals surface area contributed by atoms with E-state index in [4.69, 9.17) is 4.42 Å². The van der Waals surface area contributed by atoms with Gasteiger partial charge in [-0.15, -0.1) is 22.0 Å². The summed E-state index contributed by atoms with van der Waals surface area (Å²) < 4.78 is 72.4. The van der Waals surface area contributed by atoms with Gasteiger partial charge in [-0.25, -0.2) is 8.42 Å². The van der Waals surface area contributed by atoms with Gasteiger partial charge < -0.3 is 4.42 Å². The van der Waals surface area contributed by atoms with Crippen LogP contribution in [0.4, 0.5) is 18.9 Å². The van der Waals surface area contributed by atoms with E-state index in [9.17, 15) is 21.6 Å². The molecule has 0 saturated heterocycles. The van der Waals surface area contributed by atoms with Crippen molar-refractivity contribution < 1.29 is 26.0 Å². The molecule has 11 heteroatoms. The van der Waals surface area contributed by atoms with Crippen molar-refractivity contribution in [1.82, 2.24) is 10.2 Å². The molecule has 1 aliphatic heterocycles. The Hall–Kier alpha value is -3.31. The summed E-state index contributed by atoms with van der Waals surface area (Å²) in [5, 5.41) is 8.16. The molecule has 0 bridgehead atoms. The third-order valence-corrected chi connectivity index (χ3v) is 8.11. The van der Waals surface area contributed by atoms with Crippen LogP contribution in [-0.4, -0.2) is 30.9 Å². The average Bonchev–Trinajstić information content (AvgIpc) is 3.34. The lowest BCUT2D eigenvalue weighted by Gasteiger charge is -2.30. The topological polar surface area (TPSA) is 76.3 Å². The SMILES string of the molecule is O=S(=O)(c1ccc(C(F)(F)F)cc1)N1CCSc2ccc(-c3nnc(-c4ccccc4)o3)cc21. The molecular weight excluding hydrogens is 487 g/mol. The maximum absolute atomic E-state index is 13.3.